The van der Waals surface area contributed by atoms with Gasteiger partial charge in [0, 0.05) is 17.7 Å². The normalized spacial score (nSPS) is 15.6. The summed E-state index contributed by atoms with van der Waals surface area (Å²) in [6.07, 6.45) is 3.91. The molecular weight excluding hydrogens is 312 g/mol. The van der Waals surface area contributed by atoms with Crippen LogP contribution < -0.4 is 4.74 Å². The number of carbonyl (C=O) groups excluding carboxylic acids is 1. The van der Waals surface area contributed by atoms with Crippen molar-refractivity contribution in [3.63, 3.8) is 0 Å². The Morgan fingerprint density at radius 1 is 1.39 bits per heavy atom. The molecule has 0 saturated carbocycles. The van der Waals surface area contributed by atoms with E-state index in [2.05, 4.69) is 12.0 Å². The highest BCUT2D eigenvalue weighted by atomic mass is 35.5. The number of fused-ring (bicyclic) bond motifs is 1. The summed E-state index contributed by atoms with van der Waals surface area (Å²) in [7, 11) is 0. The fraction of sp³-hybridized carbons (Fsp3) is 0.333. The minimum absolute atomic E-state index is 0.0105. The molecule has 1 aliphatic heterocycles. The zero-order chi connectivity index (χ0) is 16.4. The quantitative estimate of drug-likeness (QED) is 0.785. The number of rotatable bonds is 4. The van der Waals surface area contributed by atoms with Crippen molar-refractivity contribution in [2.24, 2.45) is 0 Å². The lowest BCUT2D eigenvalue weighted by molar-refractivity contribution is 0.100. The summed E-state index contributed by atoms with van der Waals surface area (Å²) < 4.78 is 7.47. The fourth-order valence-electron chi connectivity index (χ4n) is 2.64. The van der Waals surface area contributed by atoms with Gasteiger partial charge in [-0.2, -0.15) is 5.10 Å². The molecule has 0 spiro atoms. The minimum Gasteiger partial charge on any atom is -0.488 e. The van der Waals surface area contributed by atoms with Crippen molar-refractivity contribution in [2.75, 3.05) is 6.61 Å². The first-order valence-electron chi connectivity index (χ1n) is 7.81. The van der Waals surface area contributed by atoms with Crippen LogP contribution in [-0.2, 0) is 6.54 Å². The lowest BCUT2D eigenvalue weighted by Gasteiger charge is -2.18. The van der Waals surface area contributed by atoms with E-state index in [1.807, 2.05) is 31.2 Å². The Labute approximate surface area is 140 Å². The largest absolute Gasteiger partial charge is 0.488 e. The molecule has 23 heavy (non-hydrogen) atoms. The van der Waals surface area contributed by atoms with Crippen molar-refractivity contribution in [3.8, 4) is 5.75 Å². The lowest BCUT2D eigenvalue weighted by Crippen LogP contribution is -2.18. The van der Waals surface area contributed by atoms with Gasteiger partial charge in [0.25, 0.3) is 0 Å². The zero-order valence-corrected chi connectivity index (χ0v) is 14.1. The number of Topliss-reactive ketones (excluding diaryl/α,β-unsaturated/α-hetero) is 1. The number of aromatic nitrogens is 2. The number of halogens is 1. The maximum absolute atomic E-state index is 12.6. The van der Waals surface area contributed by atoms with Gasteiger partial charge in [0.2, 0.25) is 0 Å². The molecular formula is C18H19ClN2O2. The maximum atomic E-state index is 12.6. The van der Waals surface area contributed by atoms with E-state index in [1.54, 1.807) is 10.7 Å². The molecule has 0 fully saturated rings. The van der Waals surface area contributed by atoms with Gasteiger partial charge in [-0.05, 0) is 31.6 Å². The fourth-order valence-corrected chi connectivity index (χ4v) is 2.96. The van der Waals surface area contributed by atoms with E-state index >= 15 is 0 Å². The van der Waals surface area contributed by atoms with Crippen LogP contribution in [0.15, 0.2) is 29.8 Å². The minimum atomic E-state index is -0.0105. The highest BCUT2D eigenvalue weighted by Gasteiger charge is 2.24. The Morgan fingerprint density at radius 3 is 2.96 bits per heavy atom. The molecule has 0 atom stereocenters. The number of aryl methyl sites for hydroxylation is 2. The Morgan fingerprint density at radius 2 is 2.17 bits per heavy atom. The number of carbonyl (C=O) groups is 1. The molecule has 0 N–H and O–H groups in total. The van der Waals surface area contributed by atoms with E-state index in [9.17, 15) is 4.79 Å². The third kappa shape index (κ3) is 3.04. The molecule has 5 heteroatoms. The molecule has 0 unspecified atom stereocenters. The first kappa shape index (κ1) is 15.8. The number of ether oxygens (including phenoxy) is 1. The predicted molar refractivity (Wildman–Crippen MR) is 91.1 cm³/mol. The summed E-state index contributed by atoms with van der Waals surface area (Å²) in [5, 5.41) is 5.05. The summed E-state index contributed by atoms with van der Waals surface area (Å²) in [5.41, 5.74) is 2.82. The average molecular weight is 331 g/mol. The smallest absolute Gasteiger partial charge is 0.196 e. The molecule has 0 saturated heterocycles. The molecule has 2 aromatic rings. The monoisotopic (exact) mass is 330 g/mol. The van der Waals surface area contributed by atoms with Gasteiger partial charge in [0.1, 0.15) is 17.5 Å². The number of para-hydroxylation sites is 1. The Bertz CT molecular complexity index is 777. The van der Waals surface area contributed by atoms with Gasteiger partial charge >= 0.3 is 0 Å². The summed E-state index contributed by atoms with van der Waals surface area (Å²) in [6, 6.07) is 7.29. The number of hydrogen-bond donors (Lipinski definition) is 0. The van der Waals surface area contributed by atoms with Crippen molar-refractivity contribution in [1.29, 1.82) is 0 Å². The Hall–Kier alpha value is -2.07. The summed E-state index contributed by atoms with van der Waals surface area (Å²) >= 11 is 6.44. The molecule has 0 amide bonds. The second-order valence-electron chi connectivity index (χ2n) is 5.65. The van der Waals surface area contributed by atoms with E-state index in [0.717, 1.165) is 30.6 Å². The Kier molecular flexibility index (Phi) is 4.53. The molecule has 0 aliphatic carbocycles. The number of nitrogens with zero attached hydrogens (tertiary/aromatic N) is 2. The van der Waals surface area contributed by atoms with Gasteiger partial charge in [0.05, 0.1) is 11.3 Å². The van der Waals surface area contributed by atoms with Crippen LogP contribution in [0.5, 0.6) is 5.75 Å². The molecule has 1 aromatic heterocycles. The third-order valence-corrected chi connectivity index (χ3v) is 4.36. The van der Waals surface area contributed by atoms with Crippen LogP contribution in [0.4, 0.5) is 0 Å². The molecule has 120 valence electrons. The topological polar surface area (TPSA) is 44.1 Å². The van der Waals surface area contributed by atoms with Gasteiger partial charge < -0.3 is 4.74 Å². The number of benzene rings is 1. The summed E-state index contributed by atoms with van der Waals surface area (Å²) in [4.78, 5) is 12.6. The van der Waals surface area contributed by atoms with E-state index in [4.69, 9.17) is 16.3 Å². The van der Waals surface area contributed by atoms with Crippen molar-refractivity contribution in [2.45, 2.75) is 33.2 Å². The highest BCUT2D eigenvalue weighted by Crippen LogP contribution is 2.29. The van der Waals surface area contributed by atoms with Crippen molar-refractivity contribution < 1.29 is 9.53 Å². The van der Waals surface area contributed by atoms with Gasteiger partial charge in [-0.3, -0.25) is 9.48 Å². The molecule has 3 rings (SSSR count). The highest BCUT2D eigenvalue weighted by molar-refractivity contribution is 6.31. The van der Waals surface area contributed by atoms with Crippen LogP contribution in [0.25, 0.3) is 6.08 Å². The standard InChI is InChI=1S/C18H19ClN2O2/c1-3-4-9-21-18(19)15(12(2)20-21)10-13-11-23-16-8-6-5-7-14(16)17(13)22/h5-8,10H,3-4,9,11H2,1-2H3/b13-10+. The van der Waals surface area contributed by atoms with Crippen LogP contribution in [-0.4, -0.2) is 22.2 Å². The second-order valence-corrected chi connectivity index (χ2v) is 6.01. The van der Waals surface area contributed by atoms with Crippen LogP contribution >= 0.6 is 11.6 Å². The maximum Gasteiger partial charge on any atom is 0.196 e. The van der Waals surface area contributed by atoms with Crippen LogP contribution in [0.1, 0.15) is 41.4 Å². The lowest BCUT2D eigenvalue weighted by atomic mass is 9.99. The van der Waals surface area contributed by atoms with Crippen molar-refractivity contribution in [3.05, 3.63) is 51.8 Å². The molecule has 4 nitrogen and oxygen atoms in total. The molecule has 1 aromatic carbocycles. The number of ketones is 1. The van der Waals surface area contributed by atoms with Crippen LogP contribution in [0.3, 0.4) is 0 Å². The predicted octanol–water partition coefficient (Wildman–Crippen LogP) is 4.30. The van der Waals surface area contributed by atoms with E-state index < -0.39 is 0 Å². The first-order chi connectivity index (χ1) is 11.1. The van der Waals surface area contributed by atoms with Crippen molar-refractivity contribution >= 4 is 23.5 Å². The van der Waals surface area contributed by atoms with Gasteiger partial charge in [-0.25, -0.2) is 0 Å². The van der Waals surface area contributed by atoms with Gasteiger partial charge in [-0.15, -0.1) is 0 Å². The second kappa shape index (κ2) is 6.59. The van der Waals surface area contributed by atoms with Gasteiger partial charge in [-0.1, -0.05) is 37.1 Å². The SMILES string of the molecule is CCCCn1nc(C)c(/C=C2\COc3ccccc3C2=O)c1Cl. The van der Waals surface area contributed by atoms with Crippen LogP contribution in [0, 0.1) is 6.92 Å². The molecule has 0 radical (unpaired) electrons. The number of unbranched alkanes of at least 4 members (excludes halogenated alkanes) is 1. The van der Waals surface area contributed by atoms with Crippen LogP contribution in [0.2, 0.25) is 5.15 Å². The van der Waals surface area contributed by atoms with Gasteiger partial charge in [0.15, 0.2) is 5.78 Å². The average Bonchev–Trinajstić information content (AvgIpc) is 2.83. The first-order valence-corrected chi connectivity index (χ1v) is 8.19. The van der Waals surface area contributed by atoms with Crippen molar-refractivity contribution in [1.82, 2.24) is 9.78 Å². The van der Waals surface area contributed by atoms with E-state index in [0.29, 0.717) is 22.0 Å². The molecule has 0 bridgehead atoms. The van der Waals surface area contributed by atoms with E-state index in [-0.39, 0.29) is 12.4 Å². The summed E-state index contributed by atoms with van der Waals surface area (Å²) in [6.45, 7) is 5.07. The van der Waals surface area contributed by atoms with E-state index in [1.165, 1.54) is 0 Å². The Balaban J connectivity index is 1.94. The molecule has 2 heterocycles. The molecule has 1 aliphatic rings. The summed E-state index contributed by atoms with van der Waals surface area (Å²) in [5.74, 6) is 0.625. The number of hydrogen-bond acceptors (Lipinski definition) is 3. The third-order valence-electron chi connectivity index (χ3n) is 3.96. The zero-order valence-electron chi connectivity index (χ0n) is 13.3.